The summed E-state index contributed by atoms with van der Waals surface area (Å²) in [5.74, 6) is -0.939. The Morgan fingerprint density at radius 3 is 2.75 bits per heavy atom. The van der Waals surface area contributed by atoms with Crippen molar-refractivity contribution in [2.45, 2.75) is 6.61 Å². The lowest BCUT2D eigenvalue weighted by Gasteiger charge is -2.03. The molecule has 0 aliphatic carbocycles. The smallest absolute Gasteiger partial charge is 0.154 e. The lowest BCUT2D eigenvalue weighted by Crippen LogP contribution is -1.97. The lowest BCUT2D eigenvalue weighted by atomic mass is 10.1. The van der Waals surface area contributed by atoms with E-state index in [-0.39, 0.29) is 23.7 Å². The molecule has 82 valence electrons. The molecule has 5 heteroatoms. The Bertz CT molecular complexity index is 517. The molecule has 0 atom stereocenters. The lowest BCUT2D eigenvalue weighted by molar-refractivity contribution is 0.271. The Morgan fingerprint density at radius 2 is 2.00 bits per heavy atom. The molecule has 1 aromatic carbocycles. The van der Waals surface area contributed by atoms with Gasteiger partial charge in [0.15, 0.2) is 5.82 Å². The molecular formula is C11H8F2N2O. The van der Waals surface area contributed by atoms with Crippen LogP contribution in [0, 0.1) is 11.6 Å². The number of halogens is 2. The van der Waals surface area contributed by atoms with Gasteiger partial charge in [0.2, 0.25) is 0 Å². The highest BCUT2D eigenvalue weighted by Gasteiger charge is 2.08. The van der Waals surface area contributed by atoms with E-state index in [0.717, 1.165) is 18.2 Å². The van der Waals surface area contributed by atoms with Gasteiger partial charge >= 0.3 is 0 Å². The van der Waals surface area contributed by atoms with Crippen LogP contribution >= 0.6 is 0 Å². The fourth-order valence-corrected chi connectivity index (χ4v) is 1.32. The summed E-state index contributed by atoms with van der Waals surface area (Å²) in [7, 11) is 0. The second kappa shape index (κ2) is 4.32. The number of nitrogens with zero attached hydrogens (tertiary/aromatic N) is 2. The normalized spacial score (nSPS) is 10.4. The summed E-state index contributed by atoms with van der Waals surface area (Å²) in [6.07, 6.45) is 1.39. The third-order valence-electron chi connectivity index (χ3n) is 2.05. The SMILES string of the molecule is OCc1nccc(-c2cc(F)ccc2F)n1. The van der Waals surface area contributed by atoms with Crippen LogP contribution in [0.15, 0.2) is 30.5 Å². The van der Waals surface area contributed by atoms with E-state index in [4.69, 9.17) is 5.11 Å². The Hall–Kier alpha value is -1.88. The first-order valence-corrected chi connectivity index (χ1v) is 4.59. The molecular weight excluding hydrogens is 214 g/mol. The van der Waals surface area contributed by atoms with Crippen molar-refractivity contribution in [3.8, 4) is 11.3 Å². The summed E-state index contributed by atoms with van der Waals surface area (Å²) < 4.78 is 26.4. The summed E-state index contributed by atoms with van der Waals surface area (Å²) in [6.45, 7) is -0.342. The molecule has 0 amide bonds. The predicted molar refractivity (Wildman–Crippen MR) is 53.3 cm³/mol. The minimum Gasteiger partial charge on any atom is -0.388 e. The van der Waals surface area contributed by atoms with Gasteiger partial charge in [0.05, 0.1) is 5.69 Å². The van der Waals surface area contributed by atoms with Crippen molar-refractivity contribution in [1.82, 2.24) is 9.97 Å². The summed E-state index contributed by atoms with van der Waals surface area (Å²) in [5, 5.41) is 8.84. The van der Waals surface area contributed by atoms with Gasteiger partial charge in [-0.2, -0.15) is 0 Å². The Labute approximate surface area is 90.4 Å². The number of hydrogen-bond acceptors (Lipinski definition) is 3. The molecule has 1 N–H and O–H groups in total. The minimum atomic E-state index is -0.566. The minimum absolute atomic E-state index is 0.0529. The fourth-order valence-electron chi connectivity index (χ4n) is 1.32. The van der Waals surface area contributed by atoms with Crippen LogP contribution in [-0.4, -0.2) is 15.1 Å². The molecule has 0 aliphatic heterocycles. The monoisotopic (exact) mass is 222 g/mol. The van der Waals surface area contributed by atoms with Gasteiger partial charge in [-0.25, -0.2) is 18.7 Å². The summed E-state index contributed by atoms with van der Waals surface area (Å²) in [6, 6.07) is 4.58. The molecule has 16 heavy (non-hydrogen) atoms. The molecule has 0 bridgehead atoms. The van der Waals surface area contributed by atoms with Crippen LogP contribution in [0.3, 0.4) is 0 Å². The van der Waals surface area contributed by atoms with Gasteiger partial charge in [-0.15, -0.1) is 0 Å². The molecule has 2 rings (SSSR count). The zero-order chi connectivity index (χ0) is 11.5. The van der Waals surface area contributed by atoms with Gasteiger partial charge in [0.25, 0.3) is 0 Å². The number of aromatic nitrogens is 2. The molecule has 0 radical (unpaired) electrons. The van der Waals surface area contributed by atoms with Crippen LogP contribution < -0.4 is 0 Å². The van der Waals surface area contributed by atoms with E-state index in [1.807, 2.05) is 0 Å². The molecule has 0 saturated heterocycles. The van der Waals surface area contributed by atoms with Crippen LogP contribution in [0.5, 0.6) is 0 Å². The quantitative estimate of drug-likeness (QED) is 0.844. The van der Waals surface area contributed by atoms with Crippen molar-refractivity contribution in [3.05, 3.63) is 47.9 Å². The van der Waals surface area contributed by atoms with Crippen molar-refractivity contribution < 1.29 is 13.9 Å². The first-order valence-electron chi connectivity index (χ1n) is 4.59. The molecule has 0 aliphatic rings. The number of rotatable bonds is 2. The van der Waals surface area contributed by atoms with Gasteiger partial charge in [-0.05, 0) is 24.3 Å². The molecule has 2 aromatic rings. The van der Waals surface area contributed by atoms with Gasteiger partial charge in [-0.1, -0.05) is 0 Å². The zero-order valence-corrected chi connectivity index (χ0v) is 8.19. The van der Waals surface area contributed by atoms with Crippen LogP contribution in [-0.2, 0) is 6.61 Å². The van der Waals surface area contributed by atoms with Gasteiger partial charge in [0.1, 0.15) is 18.2 Å². The van der Waals surface area contributed by atoms with Crippen molar-refractivity contribution in [1.29, 1.82) is 0 Å². The van der Waals surface area contributed by atoms with Crippen LogP contribution in [0.25, 0.3) is 11.3 Å². The van der Waals surface area contributed by atoms with Gasteiger partial charge < -0.3 is 5.11 Å². The van der Waals surface area contributed by atoms with E-state index in [1.54, 1.807) is 0 Å². The first kappa shape index (κ1) is 10.6. The molecule has 0 spiro atoms. The average molecular weight is 222 g/mol. The first-order chi connectivity index (χ1) is 7.70. The van der Waals surface area contributed by atoms with E-state index in [0.29, 0.717) is 0 Å². The van der Waals surface area contributed by atoms with Crippen molar-refractivity contribution in [2.24, 2.45) is 0 Å². The number of hydrogen-bond donors (Lipinski definition) is 1. The van der Waals surface area contributed by atoms with E-state index >= 15 is 0 Å². The van der Waals surface area contributed by atoms with Crippen molar-refractivity contribution in [3.63, 3.8) is 0 Å². The van der Waals surface area contributed by atoms with Crippen molar-refractivity contribution >= 4 is 0 Å². The third kappa shape index (κ3) is 2.04. The maximum absolute atomic E-state index is 13.4. The summed E-state index contributed by atoms with van der Waals surface area (Å²) in [4.78, 5) is 7.65. The Morgan fingerprint density at radius 1 is 1.19 bits per heavy atom. The number of aliphatic hydroxyl groups is 1. The topological polar surface area (TPSA) is 46.0 Å². The average Bonchev–Trinajstić information content (AvgIpc) is 2.32. The summed E-state index contributed by atoms with van der Waals surface area (Å²) in [5.41, 5.74) is 0.299. The maximum Gasteiger partial charge on any atom is 0.154 e. The molecule has 1 aromatic heterocycles. The Balaban J connectivity index is 2.53. The van der Waals surface area contributed by atoms with Crippen LogP contribution in [0.4, 0.5) is 8.78 Å². The predicted octanol–water partition coefficient (Wildman–Crippen LogP) is 1.91. The van der Waals surface area contributed by atoms with E-state index in [9.17, 15) is 8.78 Å². The highest BCUT2D eigenvalue weighted by atomic mass is 19.1. The van der Waals surface area contributed by atoms with Crippen LogP contribution in [0.2, 0.25) is 0 Å². The van der Waals surface area contributed by atoms with Gasteiger partial charge in [0, 0.05) is 11.8 Å². The number of benzene rings is 1. The third-order valence-corrected chi connectivity index (χ3v) is 2.05. The van der Waals surface area contributed by atoms with Gasteiger partial charge in [-0.3, -0.25) is 0 Å². The highest BCUT2D eigenvalue weighted by molar-refractivity contribution is 5.59. The second-order valence-electron chi connectivity index (χ2n) is 3.14. The van der Waals surface area contributed by atoms with E-state index in [1.165, 1.54) is 12.3 Å². The van der Waals surface area contributed by atoms with Crippen LogP contribution in [0.1, 0.15) is 5.82 Å². The van der Waals surface area contributed by atoms with E-state index < -0.39 is 11.6 Å². The maximum atomic E-state index is 13.4. The molecule has 3 nitrogen and oxygen atoms in total. The molecule has 0 fully saturated rings. The largest absolute Gasteiger partial charge is 0.388 e. The number of aliphatic hydroxyl groups excluding tert-OH is 1. The zero-order valence-electron chi connectivity index (χ0n) is 8.19. The standard InChI is InChI=1S/C11H8F2N2O/c12-7-1-2-9(13)8(5-7)10-3-4-14-11(6-16)15-10/h1-5,16H,6H2. The highest BCUT2D eigenvalue weighted by Crippen LogP contribution is 2.21. The molecule has 0 saturated carbocycles. The molecule has 1 heterocycles. The van der Waals surface area contributed by atoms with Crippen molar-refractivity contribution in [2.75, 3.05) is 0 Å². The molecule has 0 unspecified atom stereocenters. The second-order valence-corrected chi connectivity index (χ2v) is 3.14. The fraction of sp³-hybridized carbons (Fsp3) is 0.0909. The van der Waals surface area contributed by atoms with E-state index in [2.05, 4.69) is 9.97 Å². The Kier molecular flexibility index (Phi) is 2.87. The summed E-state index contributed by atoms with van der Waals surface area (Å²) >= 11 is 0.